The Morgan fingerprint density at radius 2 is 2.05 bits per heavy atom. The molecule has 0 atom stereocenters. The number of amides is 1. The predicted molar refractivity (Wildman–Crippen MR) is 90.7 cm³/mol. The number of hydrogen-bond donors (Lipinski definition) is 1. The van der Waals surface area contributed by atoms with Crippen molar-refractivity contribution in [2.45, 2.75) is 13.3 Å². The third-order valence-corrected chi connectivity index (χ3v) is 3.83. The Kier molecular flexibility index (Phi) is 5.23. The van der Waals surface area contributed by atoms with E-state index in [0.717, 1.165) is 9.26 Å². The molecule has 104 valence electrons. The van der Waals surface area contributed by atoms with Crippen LogP contribution in [-0.2, 0) is 6.42 Å². The van der Waals surface area contributed by atoms with Crippen molar-refractivity contribution >= 4 is 57.4 Å². The van der Waals surface area contributed by atoms with Crippen LogP contribution >= 0.6 is 45.8 Å². The van der Waals surface area contributed by atoms with Crippen molar-refractivity contribution in [1.29, 1.82) is 0 Å². The SMILES string of the molecule is CCc1cc(C(=O)Nc2ccc(I)cc2Cl)cc(Cl)n1. The molecule has 0 spiro atoms. The van der Waals surface area contributed by atoms with Crippen LogP contribution in [0.25, 0.3) is 0 Å². The third-order valence-electron chi connectivity index (χ3n) is 2.65. The summed E-state index contributed by atoms with van der Waals surface area (Å²) in [5.41, 5.74) is 1.82. The van der Waals surface area contributed by atoms with E-state index >= 15 is 0 Å². The maximum atomic E-state index is 12.2. The van der Waals surface area contributed by atoms with Crippen molar-refractivity contribution in [1.82, 2.24) is 4.98 Å². The van der Waals surface area contributed by atoms with Crippen molar-refractivity contribution < 1.29 is 4.79 Å². The number of pyridine rings is 1. The molecule has 0 bridgehead atoms. The Balaban J connectivity index is 2.26. The van der Waals surface area contributed by atoms with Gasteiger partial charge in [0.15, 0.2) is 0 Å². The first-order valence-electron chi connectivity index (χ1n) is 5.92. The van der Waals surface area contributed by atoms with E-state index in [9.17, 15) is 4.79 Å². The summed E-state index contributed by atoms with van der Waals surface area (Å²) in [4.78, 5) is 16.3. The number of halogens is 3. The summed E-state index contributed by atoms with van der Waals surface area (Å²) in [5, 5.41) is 3.58. The van der Waals surface area contributed by atoms with E-state index in [1.807, 2.05) is 13.0 Å². The molecular weight excluding hydrogens is 410 g/mol. The molecule has 1 aromatic carbocycles. The van der Waals surface area contributed by atoms with Gasteiger partial charge in [-0.3, -0.25) is 4.79 Å². The minimum absolute atomic E-state index is 0.257. The number of aryl methyl sites for hydroxylation is 1. The minimum Gasteiger partial charge on any atom is -0.321 e. The molecule has 1 N–H and O–H groups in total. The summed E-state index contributed by atoms with van der Waals surface area (Å²) in [6, 6.07) is 8.69. The number of carbonyl (C=O) groups excluding carboxylic acids is 1. The van der Waals surface area contributed by atoms with Crippen LogP contribution in [0, 0.1) is 3.57 Å². The topological polar surface area (TPSA) is 42.0 Å². The smallest absolute Gasteiger partial charge is 0.255 e. The van der Waals surface area contributed by atoms with E-state index in [2.05, 4.69) is 32.9 Å². The fourth-order valence-electron chi connectivity index (χ4n) is 1.65. The van der Waals surface area contributed by atoms with E-state index in [4.69, 9.17) is 23.2 Å². The summed E-state index contributed by atoms with van der Waals surface area (Å²) in [7, 11) is 0. The summed E-state index contributed by atoms with van der Waals surface area (Å²) >= 11 is 14.2. The maximum Gasteiger partial charge on any atom is 0.255 e. The zero-order valence-corrected chi connectivity index (χ0v) is 14.3. The van der Waals surface area contributed by atoms with Crippen LogP contribution in [0.3, 0.4) is 0 Å². The summed E-state index contributed by atoms with van der Waals surface area (Å²) in [6.07, 6.45) is 0.713. The summed E-state index contributed by atoms with van der Waals surface area (Å²) in [5.74, 6) is -0.257. The van der Waals surface area contributed by atoms with Crippen molar-refractivity contribution in [2.24, 2.45) is 0 Å². The number of benzene rings is 1. The number of carbonyl (C=O) groups is 1. The van der Waals surface area contributed by atoms with E-state index in [-0.39, 0.29) is 5.91 Å². The third kappa shape index (κ3) is 3.84. The Bertz CT molecular complexity index is 662. The second-order valence-electron chi connectivity index (χ2n) is 4.10. The lowest BCUT2D eigenvalue weighted by Gasteiger charge is -2.08. The molecule has 0 aliphatic carbocycles. The van der Waals surface area contributed by atoms with Gasteiger partial charge >= 0.3 is 0 Å². The Labute approximate surface area is 140 Å². The van der Waals surface area contributed by atoms with Crippen LogP contribution in [-0.4, -0.2) is 10.9 Å². The monoisotopic (exact) mass is 420 g/mol. The molecular formula is C14H11Cl2IN2O. The highest BCUT2D eigenvalue weighted by Crippen LogP contribution is 2.24. The fraction of sp³-hybridized carbons (Fsp3) is 0.143. The lowest BCUT2D eigenvalue weighted by Crippen LogP contribution is -2.13. The molecule has 0 radical (unpaired) electrons. The van der Waals surface area contributed by atoms with E-state index < -0.39 is 0 Å². The molecule has 1 aromatic heterocycles. The van der Waals surface area contributed by atoms with E-state index in [1.54, 1.807) is 18.2 Å². The number of nitrogens with one attached hydrogen (secondary N) is 1. The normalized spacial score (nSPS) is 10.4. The van der Waals surface area contributed by atoms with Gasteiger partial charge < -0.3 is 5.32 Å². The van der Waals surface area contributed by atoms with Gasteiger partial charge in [0.25, 0.3) is 5.91 Å². The summed E-state index contributed by atoms with van der Waals surface area (Å²) in [6.45, 7) is 1.95. The molecule has 0 fully saturated rings. The van der Waals surface area contributed by atoms with Crippen LogP contribution in [0.15, 0.2) is 30.3 Å². The highest BCUT2D eigenvalue weighted by molar-refractivity contribution is 14.1. The van der Waals surface area contributed by atoms with Gasteiger partial charge in [0.05, 0.1) is 10.7 Å². The largest absolute Gasteiger partial charge is 0.321 e. The summed E-state index contributed by atoms with van der Waals surface area (Å²) < 4.78 is 1.01. The molecule has 0 aliphatic rings. The van der Waals surface area contributed by atoms with Gasteiger partial charge in [0.1, 0.15) is 5.15 Å². The molecule has 0 saturated carbocycles. The number of hydrogen-bond acceptors (Lipinski definition) is 2. The van der Waals surface area contributed by atoms with Gasteiger partial charge in [-0.1, -0.05) is 30.1 Å². The lowest BCUT2D eigenvalue weighted by atomic mass is 10.2. The van der Waals surface area contributed by atoms with Gasteiger partial charge in [-0.2, -0.15) is 0 Å². The maximum absolute atomic E-state index is 12.2. The zero-order chi connectivity index (χ0) is 14.7. The van der Waals surface area contributed by atoms with E-state index in [1.165, 1.54) is 6.07 Å². The van der Waals surface area contributed by atoms with Gasteiger partial charge in [-0.05, 0) is 59.3 Å². The van der Waals surface area contributed by atoms with Crippen LogP contribution in [0.1, 0.15) is 23.0 Å². The molecule has 20 heavy (non-hydrogen) atoms. The molecule has 2 aromatic rings. The second kappa shape index (κ2) is 6.74. The molecule has 6 heteroatoms. The van der Waals surface area contributed by atoms with Crippen LogP contribution in [0.2, 0.25) is 10.2 Å². The quantitative estimate of drug-likeness (QED) is 0.572. The molecule has 1 heterocycles. The molecule has 0 aliphatic heterocycles. The number of nitrogens with zero attached hydrogens (tertiary/aromatic N) is 1. The predicted octanol–water partition coefficient (Wildman–Crippen LogP) is 4.81. The van der Waals surface area contributed by atoms with Crippen LogP contribution < -0.4 is 5.32 Å². The first-order chi connectivity index (χ1) is 9.49. The van der Waals surface area contributed by atoms with Gasteiger partial charge in [0.2, 0.25) is 0 Å². The van der Waals surface area contributed by atoms with E-state index in [0.29, 0.717) is 27.8 Å². The molecule has 0 saturated heterocycles. The average molecular weight is 421 g/mol. The van der Waals surface area contributed by atoms with Crippen LogP contribution in [0.4, 0.5) is 5.69 Å². The minimum atomic E-state index is -0.257. The zero-order valence-electron chi connectivity index (χ0n) is 10.6. The lowest BCUT2D eigenvalue weighted by molar-refractivity contribution is 0.102. The molecule has 3 nitrogen and oxygen atoms in total. The standard InChI is InChI=1S/C14H11Cl2IN2O/c1-2-10-5-8(6-13(16)18-10)14(20)19-12-4-3-9(17)7-11(12)15/h3-7H,2H2,1H3,(H,19,20). The second-order valence-corrected chi connectivity index (χ2v) is 6.14. The van der Waals surface area contributed by atoms with Crippen molar-refractivity contribution in [2.75, 3.05) is 5.32 Å². The molecule has 2 rings (SSSR count). The molecule has 1 amide bonds. The highest BCUT2D eigenvalue weighted by atomic mass is 127. The number of aromatic nitrogens is 1. The fourth-order valence-corrected chi connectivity index (χ4v) is 2.78. The average Bonchev–Trinajstić information content (AvgIpc) is 2.41. The van der Waals surface area contributed by atoms with Crippen molar-refractivity contribution in [3.05, 3.63) is 55.3 Å². The molecule has 0 unspecified atom stereocenters. The first-order valence-corrected chi connectivity index (χ1v) is 7.76. The Morgan fingerprint density at radius 1 is 1.30 bits per heavy atom. The number of rotatable bonds is 3. The Morgan fingerprint density at radius 3 is 2.70 bits per heavy atom. The van der Waals surface area contributed by atoms with Gasteiger partial charge in [-0.25, -0.2) is 4.98 Å². The van der Waals surface area contributed by atoms with Crippen molar-refractivity contribution in [3.8, 4) is 0 Å². The van der Waals surface area contributed by atoms with Crippen molar-refractivity contribution in [3.63, 3.8) is 0 Å². The van der Waals surface area contributed by atoms with Gasteiger partial charge in [0, 0.05) is 14.8 Å². The highest BCUT2D eigenvalue weighted by Gasteiger charge is 2.11. The van der Waals surface area contributed by atoms with Gasteiger partial charge in [-0.15, -0.1) is 0 Å². The Hall–Kier alpha value is -0.850. The van der Waals surface area contributed by atoms with Crippen LogP contribution in [0.5, 0.6) is 0 Å². The number of anilines is 1. The first kappa shape index (κ1) is 15.5.